The summed E-state index contributed by atoms with van der Waals surface area (Å²) in [6.07, 6.45) is 0. The molecule has 0 radical (unpaired) electrons. The molecule has 1 aliphatic rings. The number of piperazine rings is 1. The summed E-state index contributed by atoms with van der Waals surface area (Å²) in [6.45, 7) is 1.27. The summed E-state index contributed by atoms with van der Waals surface area (Å²) in [6, 6.07) is 4.91. The van der Waals surface area contributed by atoms with Gasteiger partial charge in [-0.3, -0.25) is 4.79 Å². The van der Waals surface area contributed by atoms with Crippen LogP contribution in [0.2, 0.25) is 0 Å². The summed E-state index contributed by atoms with van der Waals surface area (Å²) in [7, 11) is 0. The Morgan fingerprint density at radius 1 is 1.38 bits per heavy atom. The zero-order chi connectivity index (χ0) is 11.5. The van der Waals surface area contributed by atoms with Crippen LogP contribution in [0.1, 0.15) is 11.6 Å². The van der Waals surface area contributed by atoms with Gasteiger partial charge in [0, 0.05) is 13.1 Å². The first kappa shape index (κ1) is 11.0. The van der Waals surface area contributed by atoms with Crippen LogP contribution >= 0.6 is 0 Å². The highest BCUT2D eigenvalue weighted by Crippen LogP contribution is 2.19. The number of carboxylic acid groups (broad SMARTS) is 1. The fourth-order valence-electron chi connectivity index (χ4n) is 1.93. The number of carboxylic acids is 1. The van der Waals surface area contributed by atoms with Gasteiger partial charge in [0.15, 0.2) is 0 Å². The quantitative estimate of drug-likeness (QED) is 0.685. The Kier molecular flexibility index (Phi) is 3.17. The molecular formula is C11H13FN2O2. The summed E-state index contributed by atoms with van der Waals surface area (Å²) in [4.78, 5) is 11.0. The van der Waals surface area contributed by atoms with Crippen LogP contribution in [0.3, 0.4) is 0 Å². The predicted octanol–water partition coefficient (Wildman–Crippen LogP) is 0.513. The summed E-state index contributed by atoms with van der Waals surface area (Å²) in [5, 5.41) is 15.0. The SMILES string of the molecule is O=C(O)C1NCCNC1c1cccc(F)c1. The van der Waals surface area contributed by atoms with E-state index < -0.39 is 12.0 Å². The molecule has 16 heavy (non-hydrogen) atoms. The van der Waals surface area contributed by atoms with E-state index in [9.17, 15) is 9.18 Å². The molecule has 1 heterocycles. The van der Waals surface area contributed by atoms with Crippen molar-refractivity contribution in [1.29, 1.82) is 0 Å². The van der Waals surface area contributed by atoms with Crippen molar-refractivity contribution in [3.05, 3.63) is 35.6 Å². The van der Waals surface area contributed by atoms with Gasteiger partial charge in [-0.05, 0) is 17.7 Å². The monoisotopic (exact) mass is 224 g/mol. The van der Waals surface area contributed by atoms with Crippen molar-refractivity contribution in [3.63, 3.8) is 0 Å². The van der Waals surface area contributed by atoms with E-state index in [-0.39, 0.29) is 11.9 Å². The number of hydrogen-bond acceptors (Lipinski definition) is 3. The Bertz CT molecular complexity index is 397. The second kappa shape index (κ2) is 4.59. The molecule has 1 saturated heterocycles. The molecule has 3 N–H and O–H groups in total. The van der Waals surface area contributed by atoms with Gasteiger partial charge in [-0.25, -0.2) is 4.39 Å². The molecule has 1 aliphatic heterocycles. The van der Waals surface area contributed by atoms with Crippen LogP contribution in [-0.4, -0.2) is 30.2 Å². The minimum atomic E-state index is -0.929. The standard InChI is InChI=1S/C11H13FN2O2/c12-8-3-1-2-7(6-8)9-10(11(15)16)14-5-4-13-9/h1-3,6,9-10,13-14H,4-5H2,(H,15,16). The van der Waals surface area contributed by atoms with E-state index in [0.717, 1.165) is 0 Å². The first-order chi connectivity index (χ1) is 7.68. The van der Waals surface area contributed by atoms with Crippen LogP contribution in [0.25, 0.3) is 0 Å². The van der Waals surface area contributed by atoms with Crippen LogP contribution in [0.4, 0.5) is 4.39 Å². The summed E-state index contributed by atoms with van der Waals surface area (Å²) < 4.78 is 13.1. The fraction of sp³-hybridized carbons (Fsp3) is 0.364. The lowest BCUT2D eigenvalue weighted by atomic mass is 9.97. The Morgan fingerprint density at radius 2 is 2.12 bits per heavy atom. The molecule has 0 aromatic heterocycles. The Hall–Kier alpha value is -1.46. The van der Waals surface area contributed by atoms with Gasteiger partial charge in [0.2, 0.25) is 0 Å². The highest BCUT2D eigenvalue weighted by atomic mass is 19.1. The largest absolute Gasteiger partial charge is 0.480 e. The highest BCUT2D eigenvalue weighted by molar-refractivity contribution is 5.75. The minimum Gasteiger partial charge on any atom is -0.480 e. The van der Waals surface area contributed by atoms with Crippen molar-refractivity contribution in [3.8, 4) is 0 Å². The van der Waals surface area contributed by atoms with Crippen molar-refractivity contribution < 1.29 is 14.3 Å². The van der Waals surface area contributed by atoms with Crippen molar-refractivity contribution in [2.75, 3.05) is 13.1 Å². The molecule has 2 rings (SSSR count). The van der Waals surface area contributed by atoms with Crippen molar-refractivity contribution >= 4 is 5.97 Å². The molecule has 1 aromatic rings. The van der Waals surface area contributed by atoms with Gasteiger partial charge in [-0.2, -0.15) is 0 Å². The lowest BCUT2D eigenvalue weighted by Crippen LogP contribution is -2.54. The van der Waals surface area contributed by atoms with E-state index >= 15 is 0 Å². The topological polar surface area (TPSA) is 61.4 Å². The number of aliphatic carboxylic acids is 1. The second-order valence-corrected chi connectivity index (χ2v) is 3.76. The molecule has 0 spiro atoms. The lowest BCUT2D eigenvalue weighted by molar-refractivity contribution is -0.140. The molecule has 5 heteroatoms. The normalized spacial score (nSPS) is 25.3. The zero-order valence-corrected chi connectivity index (χ0v) is 8.61. The number of hydrogen-bond donors (Lipinski definition) is 3. The van der Waals surface area contributed by atoms with Gasteiger partial charge in [0.25, 0.3) is 0 Å². The summed E-state index contributed by atoms with van der Waals surface area (Å²) >= 11 is 0. The number of benzene rings is 1. The third-order valence-electron chi connectivity index (χ3n) is 2.66. The molecule has 2 unspecified atom stereocenters. The molecule has 1 fully saturated rings. The van der Waals surface area contributed by atoms with Crippen molar-refractivity contribution in [2.45, 2.75) is 12.1 Å². The molecule has 0 saturated carbocycles. The molecule has 0 bridgehead atoms. The Balaban J connectivity index is 2.26. The average molecular weight is 224 g/mol. The van der Waals surface area contributed by atoms with Crippen LogP contribution in [0, 0.1) is 5.82 Å². The van der Waals surface area contributed by atoms with E-state index in [1.807, 2.05) is 0 Å². The van der Waals surface area contributed by atoms with Crippen molar-refractivity contribution in [1.82, 2.24) is 10.6 Å². The van der Waals surface area contributed by atoms with Gasteiger partial charge in [0.05, 0.1) is 6.04 Å². The maximum atomic E-state index is 13.1. The number of carbonyl (C=O) groups is 1. The molecule has 0 amide bonds. The Labute approximate surface area is 92.5 Å². The van der Waals surface area contributed by atoms with E-state index in [0.29, 0.717) is 18.7 Å². The Morgan fingerprint density at radius 3 is 2.81 bits per heavy atom. The van der Waals surface area contributed by atoms with Crippen LogP contribution in [-0.2, 0) is 4.79 Å². The lowest BCUT2D eigenvalue weighted by Gasteiger charge is -2.31. The molecule has 86 valence electrons. The summed E-state index contributed by atoms with van der Waals surface area (Å²) in [5.41, 5.74) is 0.652. The van der Waals surface area contributed by atoms with Crippen molar-refractivity contribution in [2.24, 2.45) is 0 Å². The number of rotatable bonds is 2. The van der Waals surface area contributed by atoms with Gasteiger partial charge < -0.3 is 15.7 Å². The van der Waals surface area contributed by atoms with E-state index in [2.05, 4.69) is 10.6 Å². The first-order valence-corrected chi connectivity index (χ1v) is 5.13. The minimum absolute atomic E-state index is 0.353. The van der Waals surface area contributed by atoms with E-state index in [1.54, 1.807) is 12.1 Å². The maximum Gasteiger partial charge on any atom is 0.322 e. The first-order valence-electron chi connectivity index (χ1n) is 5.13. The molecule has 1 aromatic carbocycles. The maximum absolute atomic E-state index is 13.1. The van der Waals surface area contributed by atoms with Crippen LogP contribution < -0.4 is 10.6 Å². The van der Waals surface area contributed by atoms with Crippen LogP contribution in [0.5, 0.6) is 0 Å². The van der Waals surface area contributed by atoms with E-state index in [4.69, 9.17) is 5.11 Å². The average Bonchev–Trinajstić information content (AvgIpc) is 2.29. The number of nitrogens with one attached hydrogen (secondary N) is 2. The zero-order valence-electron chi connectivity index (χ0n) is 8.61. The third kappa shape index (κ3) is 2.20. The van der Waals surface area contributed by atoms with Gasteiger partial charge in [-0.15, -0.1) is 0 Å². The molecule has 2 atom stereocenters. The molecule has 0 aliphatic carbocycles. The molecular weight excluding hydrogens is 211 g/mol. The van der Waals surface area contributed by atoms with Gasteiger partial charge in [-0.1, -0.05) is 12.1 Å². The third-order valence-corrected chi connectivity index (χ3v) is 2.66. The number of halogens is 1. The van der Waals surface area contributed by atoms with Gasteiger partial charge in [0.1, 0.15) is 11.9 Å². The van der Waals surface area contributed by atoms with E-state index in [1.165, 1.54) is 12.1 Å². The molecule has 4 nitrogen and oxygen atoms in total. The second-order valence-electron chi connectivity index (χ2n) is 3.76. The summed E-state index contributed by atoms with van der Waals surface area (Å²) in [5.74, 6) is -1.28. The fourth-order valence-corrected chi connectivity index (χ4v) is 1.93. The highest BCUT2D eigenvalue weighted by Gasteiger charge is 2.31. The predicted molar refractivity (Wildman–Crippen MR) is 56.6 cm³/mol. The van der Waals surface area contributed by atoms with Gasteiger partial charge >= 0.3 is 5.97 Å². The van der Waals surface area contributed by atoms with Crippen LogP contribution in [0.15, 0.2) is 24.3 Å². The smallest absolute Gasteiger partial charge is 0.322 e.